The summed E-state index contributed by atoms with van der Waals surface area (Å²) >= 11 is 0. The molecule has 0 radical (unpaired) electrons. The highest BCUT2D eigenvalue weighted by Crippen LogP contribution is 2.36. The minimum atomic E-state index is -0.755. The molecule has 3 atom stereocenters. The van der Waals surface area contributed by atoms with Crippen molar-refractivity contribution in [3.8, 4) is 0 Å². The Labute approximate surface area is 178 Å². The molecule has 1 saturated carbocycles. The third-order valence-corrected chi connectivity index (χ3v) is 5.97. The number of rotatable bonds is 6. The Morgan fingerprint density at radius 2 is 1.50 bits per heavy atom. The van der Waals surface area contributed by atoms with Crippen molar-refractivity contribution in [1.29, 1.82) is 0 Å². The number of hydrogen-bond donors (Lipinski definition) is 1. The van der Waals surface area contributed by atoms with Crippen molar-refractivity contribution in [2.24, 2.45) is 17.8 Å². The fourth-order valence-corrected chi connectivity index (χ4v) is 4.22. The lowest BCUT2D eigenvalue weighted by atomic mass is 9.75. The van der Waals surface area contributed by atoms with E-state index in [0.717, 1.165) is 19.3 Å². The predicted octanol–water partition coefficient (Wildman–Crippen LogP) is 5.84. The lowest BCUT2D eigenvalue weighted by Gasteiger charge is -2.36. The van der Waals surface area contributed by atoms with Gasteiger partial charge in [0.2, 0.25) is 5.78 Å². The van der Waals surface area contributed by atoms with Gasteiger partial charge in [-0.3, -0.25) is 4.79 Å². The van der Waals surface area contributed by atoms with Crippen molar-refractivity contribution in [2.75, 3.05) is 0 Å². The number of benzene rings is 2. The summed E-state index contributed by atoms with van der Waals surface area (Å²) in [5.41, 5.74) is 0.434. The first-order chi connectivity index (χ1) is 14.4. The molecule has 1 N–H and O–H groups in total. The first-order valence-electron chi connectivity index (χ1n) is 10.7. The van der Waals surface area contributed by atoms with Gasteiger partial charge in [-0.1, -0.05) is 87.9 Å². The zero-order chi connectivity index (χ0) is 21.7. The maximum atomic E-state index is 13.3. The molecular formula is C26H30O4. The Kier molecular flexibility index (Phi) is 7.09. The van der Waals surface area contributed by atoms with Crippen LogP contribution < -0.4 is 0 Å². The lowest BCUT2D eigenvalue weighted by Crippen LogP contribution is -2.37. The van der Waals surface area contributed by atoms with Crippen molar-refractivity contribution in [3.05, 3.63) is 77.4 Å². The van der Waals surface area contributed by atoms with E-state index in [9.17, 15) is 14.7 Å². The molecule has 3 rings (SSSR count). The molecular weight excluding hydrogens is 376 g/mol. The minimum Gasteiger partial charge on any atom is -0.506 e. The van der Waals surface area contributed by atoms with Crippen molar-refractivity contribution in [2.45, 2.75) is 46.1 Å². The second kappa shape index (κ2) is 9.75. The third kappa shape index (κ3) is 4.99. The van der Waals surface area contributed by atoms with E-state index in [0.29, 0.717) is 23.0 Å². The highest BCUT2D eigenvalue weighted by atomic mass is 16.5. The monoisotopic (exact) mass is 406 g/mol. The first-order valence-corrected chi connectivity index (χ1v) is 10.7. The van der Waals surface area contributed by atoms with Gasteiger partial charge in [0.1, 0.15) is 17.4 Å². The van der Waals surface area contributed by atoms with Gasteiger partial charge >= 0.3 is 5.97 Å². The third-order valence-electron chi connectivity index (χ3n) is 5.97. The number of ether oxygens (including phenoxy) is 1. The minimum absolute atomic E-state index is 0.247. The van der Waals surface area contributed by atoms with Crippen LogP contribution in [0.5, 0.6) is 0 Å². The highest BCUT2D eigenvalue weighted by Gasteiger charge is 2.36. The molecule has 0 saturated heterocycles. The summed E-state index contributed by atoms with van der Waals surface area (Å²) in [6.45, 7) is 6.42. The summed E-state index contributed by atoms with van der Waals surface area (Å²) in [5, 5.41) is 10.9. The van der Waals surface area contributed by atoms with Crippen molar-refractivity contribution in [3.63, 3.8) is 0 Å². The lowest BCUT2D eigenvalue weighted by molar-refractivity contribution is -0.150. The van der Waals surface area contributed by atoms with E-state index in [4.69, 9.17) is 4.74 Å². The number of aliphatic hydroxyl groups is 1. The summed E-state index contributed by atoms with van der Waals surface area (Å²) in [5.74, 6) is -0.564. The molecule has 0 spiro atoms. The van der Waals surface area contributed by atoms with Crippen LogP contribution in [0.25, 0.3) is 5.76 Å². The second-order valence-corrected chi connectivity index (χ2v) is 8.55. The summed E-state index contributed by atoms with van der Waals surface area (Å²) in [6.07, 6.45) is 2.61. The first kappa shape index (κ1) is 21.8. The zero-order valence-corrected chi connectivity index (χ0v) is 17.9. The molecule has 1 aliphatic carbocycles. The van der Waals surface area contributed by atoms with E-state index in [1.54, 1.807) is 54.6 Å². The van der Waals surface area contributed by atoms with Crippen LogP contribution in [0.2, 0.25) is 0 Å². The van der Waals surface area contributed by atoms with Gasteiger partial charge in [0.15, 0.2) is 0 Å². The maximum absolute atomic E-state index is 13.3. The van der Waals surface area contributed by atoms with E-state index in [2.05, 4.69) is 20.8 Å². The number of aliphatic hydroxyl groups excluding tert-OH is 1. The van der Waals surface area contributed by atoms with Gasteiger partial charge < -0.3 is 9.84 Å². The van der Waals surface area contributed by atoms with Gasteiger partial charge in [-0.05, 0) is 30.6 Å². The number of carbonyl (C=O) groups excluding carboxylic acids is 2. The Morgan fingerprint density at radius 1 is 0.933 bits per heavy atom. The summed E-state index contributed by atoms with van der Waals surface area (Å²) in [7, 11) is 0. The summed E-state index contributed by atoms with van der Waals surface area (Å²) in [6, 6.07) is 17.2. The Hall–Kier alpha value is -2.88. The molecule has 1 aliphatic rings. The van der Waals surface area contributed by atoms with Crippen LogP contribution in [0.1, 0.15) is 56.0 Å². The molecule has 158 valence electrons. The quantitative estimate of drug-likeness (QED) is 0.163. The molecule has 0 aliphatic heterocycles. The molecule has 4 heteroatoms. The molecule has 4 nitrogen and oxygen atoms in total. The van der Waals surface area contributed by atoms with Crippen LogP contribution in [0.4, 0.5) is 0 Å². The molecule has 0 bridgehead atoms. The molecule has 0 unspecified atom stereocenters. The molecule has 2 aromatic rings. The van der Waals surface area contributed by atoms with Crippen LogP contribution in [0.15, 0.2) is 66.2 Å². The van der Waals surface area contributed by atoms with Gasteiger partial charge in [0.05, 0.1) is 0 Å². The van der Waals surface area contributed by atoms with Crippen molar-refractivity contribution < 1.29 is 19.4 Å². The van der Waals surface area contributed by atoms with Crippen LogP contribution in [-0.2, 0) is 9.53 Å². The van der Waals surface area contributed by atoms with Crippen molar-refractivity contribution in [1.82, 2.24) is 0 Å². The molecule has 2 aromatic carbocycles. The number of esters is 1. The van der Waals surface area contributed by atoms with Crippen LogP contribution >= 0.6 is 0 Å². The van der Waals surface area contributed by atoms with E-state index >= 15 is 0 Å². The molecule has 0 amide bonds. The zero-order valence-electron chi connectivity index (χ0n) is 17.9. The average Bonchev–Trinajstić information content (AvgIpc) is 2.74. The van der Waals surface area contributed by atoms with E-state index < -0.39 is 11.8 Å². The van der Waals surface area contributed by atoms with Crippen molar-refractivity contribution >= 4 is 17.5 Å². The molecule has 1 fully saturated rings. The van der Waals surface area contributed by atoms with E-state index in [-0.39, 0.29) is 23.4 Å². The van der Waals surface area contributed by atoms with Crippen LogP contribution in [-0.4, -0.2) is 23.0 Å². The van der Waals surface area contributed by atoms with E-state index in [1.165, 1.54) is 0 Å². The fraction of sp³-hybridized carbons (Fsp3) is 0.385. The summed E-state index contributed by atoms with van der Waals surface area (Å²) < 4.78 is 5.91. The summed E-state index contributed by atoms with van der Waals surface area (Å²) in [4.78, 5) is 26.5. The van der Waals surface area contributed by atoms with Gasteiger partial charge in [-0.2, -0.15) is 0 Å². The number of Topliss-reactive ketones (excluding diaryl/α,β-unsaturated/α-hetero) is 1. The Bertz CT molecular complexity index is 899. The standard InChI is InChI=1S/C26H30O4/c1-17(2)21-15-14-18(3)16-22(21)30-26(29)23(24(27)19-10-6-4-7-11-19)25(28)20-12-8-5-9-13-20/h4-13,17-18,21-22,27H,14-16H2,1-3H3/b24-23+/t18-,21-,22-/m1/s1. The molecule has 0 heterocycles. The second-order valence-electron chi connectivity index (χ2n) is 8.55. The van der Waals surface area contributed by atoms with Crippen LogP contribution in [0.3, 0.4) is 0 Å². The largest absolute Gasteiger partial charge is 0.506 e. The molecule has 30 heavy (non-hydrogen) atoms. The highest BCUT2D eigenvalue weighted by molar-refractivity contribution is 6.27. The number of carbonyl (C=O) groups is 2. The van der Waals surface area contributed by atoms with Gasteiger partial charge in [-0.25, -0.2) is 4.79 Å². The van der Waals surface area contributed by atoms with Gasteiger partial charge in [-0.15, -0.1) is 0 Å². The SMILES string of the molecule is CC(C)[C@H]1CC[C@@H](C)C[C@H]1OC(=O)/C(C(=O)c1ccccc1)=C(/O)c1ccccc1. The number of hydrogen-bond acceptors (Lipinski definition) is 4. The normalized spacial score (nSPS) is 22.3. The number of ketones is 1. The maximum Gasteiger partial charge on any atom is 0.346 e. The Balaban J connectivity index is 1.97. The topological polar surface area (TPSA) is 63.6 Å². The predicted molar refractivity (Wildman–Crippen MR) is 118 cm³/mol. The Morgan fingerprint density at radius 3 is 2.07 bits per heavy atom. The fourth-order valence-electron chi connectivity index (χ4n) is 4.22. The van der Waals surface area contributed by atoms with Crippen LogP contribution in [0, 0.1) is 17.8 Å². The van der Waals surface area contributed by atoms with Gasteiger partial charge in [0, 0.05) is 11.1 Å². The molecule has 0 aromatic heterocycles. The van der Waals surface area contributed by atoms with E-state index in [1.807, 2.05) is 6.07 Å². The average molecular weight is 407 g/mol. The van der Waals surface area contributed by atoms with Gasteiger partial charge in [0.25, 0.3) is 0 Å². The smallest absolute Gasteiger partial charge is 0.346 e.